The van der Waals surface area contributed by atoms with Crippen LogP contribution in [-0.2, 0) is 18.0 Å². The molecule has 0 aliphatic carbocycles. The van der Waals surface area contributed by atoms with Crippen molar-refractivity contribution in [3.8, 4) is 5.69 Å². The molecular weight excluding hydrogens is 345 g/mol. The summed E-state index contributed by atoms with van der Waals surface area (Å²) in [5.74, 6) is 5.95. The molecule has 0 saturated heterocycles. The van der Waals surface area contributed by atoms with Gasteiger partial charge in [-0.2, -0.15) is 0 Å². The third-order valence-corrected chi connectivity index (χ3v) is 4.30. The van der Waals surface area contributed by atoms with Gasteiger partial charge in [0.05, 0.1) is 11.4 Å². The zero-order valence-corrected chi connectivity index (χ0v) is 13.7. The van der Waals surface area contributed by atoms with Crippen molar-refractivity contribution in [3.05, 3.63) is 76.1 Å². The highest BCUT2D eigenvalue weighted by molar-refractivity contribution is 6.35. The molecule has 4 rings (SSSR count). The monoisotopic (exact) mass is 357 g/mol. The average molecular weight is 358 g/mol. The van der Waals surface area contributed by atoms with E-state index in [2.05, 4.69) is 15.2 Å². The van der Waals surface area contributed by atoms with Gasteiger partial charge in [-0.1, -0.05) is 29.8 Å². The molecule has 0 unspecified atom stereocenters. The van der Waals surface area contributed by atoms with Crippen molar-refractivity contribution in [1.82, 2.24) is 14.8 Å². The molecule has 0 bridgehead atoms. The van der Waals surface area contributed by atoms with Crippen molar-refractivity contribution >= 4 is 17.3 Å². The summed E-state index contributed by atoms with van der Waals surface area (Å²) in [5.41, 5.74) is 2.63. The first-order chi connectivity index (χ1) is 12.2. The fraction of sp³-hybridized carbons (Fsp3) is 0.118. The van der Waals surface area contributed by atoms with Crippen LogP contribution in [0.5, 0.6) is 0 Å². The van der Waals surface area contributed by atoms with Crippen LogP contribution in [0.4, 0.5) is 4.39 Å². The number of aliphatic imine (C=N–C) groups is 1. The van der Waals surface area contributed by atoms with E-state index in [1.54, 1.807) is 16.7 Å². The maximum absolute atomic E-state index is 14.0. The average Bonchev–Trinajstić information content (AvgIpc) is 2.92. The molecule has 0 spiro atoms. The van der Waals surface area contributed by atoms with E-state index in [-0.39, 0.29) is 19.0 Å². The molecule has 2 N–H and O–H groups in total. The number of hydrogen-bond acceptors (Lipinski definition) is 5. The van der Waals surface area contributed by atoms with Crippen LogP contribution in [0.1, 0.15) is 22.8 Å². The lowest BCUT2D eigenvalue weighted by atomic mass is 10.00. The van der Waals surface area contributed by atoms with Crippen LogP contribution in [0.3, 0.4) is 0 Å². The highest BCUT2D eigenvalue weighted by Crippen LogP contribution is 2.29. The number of hydrogen-bond donors (Lipinski definition) is 1. The van der Waals surface area contributed by atoms with Gasteiger partial charge in [0.1, 0.15) is 19.0 Å². The van der Waals surface area contributed by atoms with Gasteiger partial charge in [0.25, 0.3) is 0 Å². The predicted molar refractivity (Wildman–Crippen MR) is 91.1 cm³/mol. The Morgan fingerprint density at radius 3 is 2.80 bits per heavy atom. The fourth-order valence-electron chi connectivity index (χ4n) is 2.91. The first kappa shape index (κ1) is 15.9. The molecule has 3 aromatic rings. The summed E-state index contributed by atoms with van der Waals surface area (Å²) >= 11 is 6.34. The lowest BCUT2D eigenvalue weighted by Crippen LogP contribution is -2.12. The van der Waals surface area contributed by atoms with Gasteiger partial charge >= 0.3 is 0 Å². The molecule has 1 aliphatic heterocycles. The molecule has 1 aliphatic rings. The standard InChI is InChI=1S/C17H13ClFN5O/c18-13-4-2-1-3-11(13)17-12-7-10(19)5-6-14(12)24-15(8-21-17)22-23-16(24)9-25-20/h1-7H,8-9,20H2. The second kappa shape index (κ2) is 6.36. The molecule has 0 saturated carbocycles. The van der Waals surface area contributed by atoms with E-state index in [9.17, 15) is 4.39 Å². The van der Waals surface area contributed by atoms with Crippen LogP contribution in [0, 0.1) is 5.82 Å². The zero-order valence-electron chi connectivity index (χ0n) is 13.0. The number of halogens is 2. The second-order valence-electron chi connectivity index (χ2n) is 5.49. The first-order valence-corrected chi connectivity index (χ1v) is 7.91. The van der Waals surface area contributed by atoms with Crippen molar-refractivity contribution in [2.24, 2.45) is 10.9 Å². The normalized spacial score (nSPS) is 13.0. The summed E-state index contributed by atoms with van der Waals surface area (Å²) in [6, 6.07) is 11.8. The molecule has 0 radical (unpaired) electrons. The minimum Gasteiger partial charge on any atom is -0.296 e. The summed E-state index contributed by atoms with van der Waals surface area (Å²) in [5, 5.41) is 8.78. The van der Waals surface area contributed by atoms with E-state index in [1.165, 1.54) is 12.1 Å². The van der Waals surface area contributed by atoms with Gasteiger partial charge in [0, 0.05) is 16.1 Å². The van der Waals surface area contributed by atoms with Crippen LogP contribution < -0.4 is 5.90 Å². The Morgan fingerprint density at radius 1 is 1.16 bits per heavy atom. The van der Waals surface area contributed by atoms with Crippen LogP contribution in [0.15, 0.2) is 47.5 Å². The Hall–Kier alpha value is -2.61. The third-order valence-electron chi connectivity index (χ3n) is 3.97. The maximum Gasteiger partial charge on any atom is 0.165 e. The van der Waals surface area contributed by atoms with E-state index in [0.29, 0.717) is 33.6 Å². The topological polar surface area (TPSA) is 78.3 Å². The molecule has 0 fully saturated rings. The SMILES string of the molecule is NOCc1nnc2n1-c1ccc(F)cc1C(c1ccccc1Cl)=NC2. The minimum absolute atomic E-state index is 0.0746. The molecule has 0 atom stereocenters. The molecule has 6 nitrogen and oxygen atoms in total. The lowest BCUT2D eigenvalue weighted by molar-refractivity contribution is 0.117. The van der Waals surface area contributed by atoms with Crippen molar-refractivity contribution in [3.63, 3.8) is 0 Å². The van der Waals surface area contributed by atoms with Crippen LogP contribution in [0.2, 0.25) is 5.02 Å². The number of benzene rings is 2. The molecule has 2 aromatic carbocycles. The summed E-state index contributed by atoms with van der Waals surface area (Å²) < 4.78 is 15.8. The molecule has 0 amide bonds. The quantitative estimate of drug-likeness (QED) is 0.731. The van der Waals surface area contributed by atoms with E-state index < -0.39 is 0 Å². The summed E-state index contributed by atoms with van der Waals surface area (Å²) in [6.45, 7) is 0.347. The van der Waals surface area contributed by atoms with E-state index in [1.807, 2.05) is 18.2 Å². The van der Waals surface area contributed by atoms with Gasteiger partial charge < -0.3 is 0 Å². The van der Waals surface area contributed by atoms with Gasteiger partial charge in [-0.15, -0.1) is 10.2 Å². The summed E-state index contributed by atoms with van der Waals surface area (Å²) in [7, 11) is 0. The molecule has 2 heterocycles. The highest BCUT2D eigenvalue weighted by Gasteiger charge is 2.24. The third kappa shape index (κ3) is 2.72. The largest absolute Gasteiger partial charge is 0.296 e. The number of fused-ring (bicyclic) bond motifs is 3. The van der Waals surface area contributed by atoms with Gasteiger partial charge in [0.15, 0.2) is 11.6 Å². The number of nitrogens with zero attached hydrogens (tertiary/aromatic N) is 4. The van der Waals surface area contributed by atoms with Crippen LogP contribution >= 0.6 is 11.6 Å². The van der Waals surface area contributed by atoms with Crippen molar-refractivity contribution in [2.45, 2.75) is 13.2 Å². The van der Waals surface area contributed by atoms with Crippen LogP contribution in [-0.4, -0.2) is 20.5 Å². The highest BCUT2D eigenvalue weighted by atomic mass is 35.5. The van der Waals surface area contributed by atoms with Gasteiger partial charge in [-0.05, 0) is 24.3 Å². The smallest absolute Gasteiger partial charge is 0.165 e. The fourth-order valence-corrected chi connectivity index (χ4v) is 3.14. The van der Waals surface area contributed by atoms with Gasteiger partial charge in [0.2, 0.25) is 0 Å². The van der Waals surface area contributed by atoms with E-state index in [4.69, 9.17) is 22.3 Å². The van der Waals surface area contributed by atoms with Crippen LogP contribution in [0.25, 0.3) is 5.69 Å². The molecular formula is C17H13ClFN5O. The summed E-state index contributed by atoms with van der Waals surface area (Å²) in [4.78, 5) is 9.33. The predicted octanol–water partition coefficient (Wildman–Crippen LogP) is 2.80. The second-order valence-corrected chi connectivity index (χ2v) is 5.89. The Bertz CT molecular complexity index is 985. The molecule has 25 heavy (non-hydrogen) atoms. The first-order valence-electron chi connectivity index (χ1n) is 7.53. The molecule has 1 aromatic heterocycles. The van der Waals surface area contributed by atoms with Gasteiger partial charge in [-0.3, -0.25) is 14.4 Å². The molecule has 126 valence electrons. The molecule has 8 heteroatoms. The number of rotatable bonds is 3. The van der Waals surface area contributed by atoms with Gasteiger partial charge in [-0.25, -0.2) is 10.3 Å². The number of nitrogens with two attached hydrogens (primary N) is 1. The Morgan fingerprint density at radius 2 is 2.00 bits per heavy atom. The lowest BCUT2D eigenvalue weighted by Gasteiger charge is -2.14. The maximum atomic E-state index is 14.0. The van der Waals surface area contributed by atoms with E-state index in [0.717, 1.165) is 5.56 Å². The van der Waals surface area contributed by atoms with Crippen molar-refractivity contribution < 1.29 is 9.23 Å². The Labute approximate surface area is 147 Å². The minimum atomic E-state index is -0.369. The van der Waals surface area contributed by atoms with Crippen molar-refractivity contribution in [2.75, 3.05) is 0 Å². The Kier molecular flexibility index (Phi) is 4.04. The van der Waals surface area contributed by atoms with Crippen molar-refractivity contribution in [1.29, 1.82) is 0 Å². The number of aromatic nitrogens is 3. The summed E-state index contributed by atoms with van der Waals surface area (Å²) in [6.07, 6.45) is 0. The van der Waals surface area contributed by atoms with E-state index >= 15 is 0 Å². The Balaban J connectivity index is 1.98. The zero-order chi connectivity index (χ0) is 17.4.